The van der Waals surface area contributed by atoms with E-state index in [1.807, 2.05) is 7.05 Å². The van der Waals surface area contributed by atoms with Gasteiger partial charge in [0, 0.05) is 37.8 Å². The van der Waals surface area contributed by atoms with Gasteiger partial charge in [-0.15, -0.1) is 0 Å². The molecule has 31 heavy (non-hydrogen) atoms. The molecule has 0 aliphatic carbocycles. The highest BCUT2D eigenvalue weighted by molar-refractivity contribution is 6.11. The third-order valence-electron chi connectivity index (χ3n) is 5.58. The number of carboxylic acids is 1. The smallest absolute Gasteiger partial charge is 0.339 e. The molecule has 0 unspecified atom stereocenters. The molecule has 2 aromatic carbocycles. The van der Waals surface area contributed by atoms with Crippen LogP contribution in [-0.2, 0) is 6.42 Å². The van der Waals surface area contributed by atoms with E-state index in [2.05, 4.69) is 9.88 Å². The Bertz CT molecular complexity index is 1160. The molecule has 0 radical (unpaired) electrons. The zero-order valence-electron chi connectivity index (χ0n) is 17.0. The van der Waals surface area contributed by atoms with Gasteiger partial charge in [-0.05, 0) is 48.9 Å². The van der Waals surface area contributed by atoms with Crippen LogP contribution in [0, 0.1) is 5.82 Å². The molecule has 4 rings (SSSR count). The number of phenols is 1. The predicted octanol–water partition coefficient (Wildman–Crippen LogP) is 2.76. The van der Waals surface area contributed by atoms with E-state index in [-0.39, 0.29) is 28.4 Å². The number of hydrogen-bond acceptors (Lipinski definition) is 5. The Morgan fingerprint density at radius 3 is 2.35 bits per heavy atom. The topological polar surface area (TPSA) is 94.0 Å². The van der Waals surface area contributed by atoms with Crippen molar-refractivity contribution in [1.82, 2.24) is 14.8 Å². The summed E-state index contributed by atoms with van der Waals surface area (Å²) in [4.78, 5) is 33.0. The van der Waals surface area contributed by atoms with E-state index in [1.54, 1.807) is 23.1 Å². The van der Waals surface area contributed by atoms with Crippen molar-refractivity contribution in [2.45, 2.75) is 6.42 Å². The van der Waals surface area contributed by atoms with Gasteiger partial charge in [0.15, 0.2) is 5.75 Å². The second-order valence-electron chi connectivity index (χ2n) is 7.76. The average Bonchev–Trinajstić information content (AvgIpc) is 2.75. The Hall–Kier alpha value is -3.52. The van der Waals surface area contributed by atoms with Gasteiger partial charge in [0.25, 0.3) is 5.91 Å². The van der Waals surface area contributed by atoms with Crippen LogP contribution in [0.1, 0.15) is 31.8 Å². The Kier molecular flexibility index (Phi) is 5.56. The van der Waals surface area contributed by atoms with Gasteiger partial charge in [-0.3, -0.25) is 9.78 Å². The molecule has 1 aliphatic rings. The minimum absolute atomic E-state index is 0.0697. The van der Waals surface area contributed by atoms with Crippen LogP contribution in [0.15, 0.2) is 42.6 Å². The second-order valence-corrected chi connectivity index (χ2v) is 7.76. The number of benzene rings is 2. The van der Waals surface area contributed by atoms with E-state index in [9.17, 15) is 24.2 Å². The Morgan fingerprint density at radius 2 is 1.71 bits per heavy atom. The number of aromatic hydroxyl groups is 1. The van der Waals surface area contributed by atoms with E-state index in [4.69, 9.17) is 0 Å². The van der Waals surface area contributed by atoms with E-state index in [1.165, 1.54) is 24.4 Å². The van der Waals surface area contributed by atoms with Crippen LogP contribution in [-0.4, -0.2) is 70.1 Å². The number of carboxylic acid groups (broad SMARTS) is 1. The number of hydrogen-bond donors (Lipinski definition) is 2. The van der Waals surface area contributed by atoms with E-state index in [0.29, 0.717) is 24.9 Å². The first-order valence-electron chi connectivity index (χ1n) is 9.93. The lowest BCUT2D eigenvalue weighted by atomic mass is 9.98. The van der Waals surface area contributed by atoms with Crippen molar-refractivity contribution in [2.75, 3.05) is 33.2 Å². The summed E-state index contributed by atoms with van der Waals surface area (Å²) in [6.07, 6.45) is 1.98. The standard InChI is InChI=1S/C23H22FN3O4/c1-26-6-8-27(9-7-26)22(29)18-12-19(23(30)31)21(28)20-17(18)11-15(13-25-20)10-14-2-4-16(24)5-3-14/h2-5,11-13,28H,6-10H2,1H3,(H,30,31). The van der Waals surface area contributed by atoms with Crippen molar-refractivity contribution in [1.29, 1.82) is 0 Å². The van der Waals surface area contributed by atoms with Crippen molar-refractivity contribution in [2.24, 2.45) is 0 Å². The van der Waals surface area contributed by atoms with Gasteiger partial charge >= 0.3 is 5.97 Å². The average molecular weight is 423 g/mol. The maximum absolute atomic E-state index is 13.3. The minimum Gasteiger partial charge on any atom is -0.505 e. The SMILES string of the molecule is CN1CCN(C(=O)c2cc(C(=O)O)c(O)c3ncc(Cc4ccc(F)cc4)cc23)CC1. The first-order chi connectivity index (χ1) is 14.8. The molecule has 0 bridgehead atoms. The molecule has 8 heteroatoms. The minimum atomic E-state index is -1.33. The monoisotopic (exact) mass is 423 g/mol. The molecule has 0 saturated carbocycles. The lowest BCUT2D eigenvalue weighted by Crippen LogP contribution is -2.47. The van der Waals surface area contributed by atoms with Crippen molar-refractivity contribution < 1.29 is 24.2 Å². The highest BCUT2D eigenvalue weighted by atomic mass is 19.1. The number of rotatable bonds is 4. The third-order valence-corrected chi connectivity index (χ3v) is 5.58. The number of carbonyl (C=O) groups is 2. The summed E-state index contributed by atoms with van der Waals surface area (Å²) in [6, 6.07) is 9.04. The van der Waals surface area contributed by atoms with Crippen molar-refractivity contribution in [3.05, 3.63) is 70.7 Å². The van der Waals surface area contributed by atoms with Crippen LogP contribution >= 0.6 is 0 Å². The fourth-order valence-corrected chi connectivity index (χ4v) is 3.77. The largest absolute Gasteiger partial charge is 0.505 e. The first kappa shape index (κ1) is 20.7. The van der Waals surface area contributed by atoms with Gasteiger partial charge in [0.2, 0.25) is 0 Å². The molecule has 2 heterocycles. The van der Waals surface area contributed by atoms with Gasteiger partial charge in [0.1, 0.15) is 16.9 Å². The molecule has 1 amide bonds. The molecule has 1 aromatic heterocycles. The van der Waals surface area contributed by atoms with Gasteiger partial charge < -0.3 is 20.0 Å². The number of pyridine rings is 1. The molecule has 3 aromatic rings. The molecule has 0 atom stereocenters. The Labute approximate surface area is 178 Å². The summed E-state index contributed by atoms with van der Waals surface area (Å²) >= 11 is 0. The van der Waals surface area contributed by atoms with Crippen molar-refractivity contribution in [3.8, 4) is 5.75 Å². The number of aromatic carboxylic acids is 1. The number of fused-ring (bicyclic) bond motifs is 1. The number of likely N-dealkylation sites (N-methyl/N-ethyl adjacent to an activating group) is 1. The molecular formula is C23H22FN3O4. The molecule has 1 aliphatic heterocycles. The molecular weight excluding hydrogens is 401 g/mol. The van der Waals surface area contributed by atoms with Crippen molar-refractivity contribution in [3.63, 3.8) is 0 Å². The zero-order valence-corrected chi connectivity index (χ0v) is 17.0. The number of amides is 1. The predicted molar refractivity (Wildman–Crippen MR) is 113 cm³/mol. The lowest BCUT2D eigenvalue weighted by molar-refractivity contribution is 0.0666. The van der Waals surface area contributed by atoms with Crippen LogP contribution in [0.4, 0.5) is 4.39 Å². The maximum Gasteiger partial charge on any atom is 0.339 e. The summed E-state index contributed by atoms with van der Waals surface area (Å²) in [6.45, 7) is 2.51. The van der Waals surface area contributed by atoms with Crippen molar-refractivity contribution >= 4 is 22.8 Å². The number of piperazine rings is 1. The summed E-state index contributed by atoms with van der Waals surface area (Å²) < 4.78 is 13.2. The van der Waals surface area contributed by atoms with Crippen LogP contribution in [0.25, 0.3) is 10.9 Å². The van der Waals surface area contributed by atoms with Gasteiger partial charge in [-0.2, -0.15) is 0 Å². The van der Waals surface area contributed by atoms with Gasteiger partial charge in [-0.25, -0.2) is 9.18 Å². The van der Waals surface area contributed by atoms with Crippen LogP contribution in [0.3, 0.4) is 0 Å². The maximum atomic E-state index is 13.3. The molecule has 1 saturated heterocycles. The van der Waals surface area contributed by atoms with Gasteiger partial charge in [0.05, 0.1) is 5.56 Å². The quantitative estimate of drug-likeness (QED) is 0.670. The number of carbonyl (C=O) groups excluding carboxylic acids is 1. The van der Waals surface area contributed by atoms with E-state index in [0.717, 1.165) is 24.2 Å². The van der Waals surface area contributed by atoms with E-state index < -0.39 is 11.7 Å². The third kappa shape index (κ3) is 4.20. The lowest BCUT2D eigenvalue weighted by Gasteiger charge is -2.32. The number of nitrogens with zero attached hydrogens (tertiary/aromatic N) is 3. The summed E-state index contributed by atoms with van der Waals surface area (Å²) in [7, 11) is 1.98. The highest BCUT2D eigenvalue weighted by Crippen LogP contribution is 2.32. The normalized spacial score (nSPS) is 14.7. The number of aromatic nitrogens is 1. The second kappa shape index (κ2) is 8.31. The Balaban J connectivity index is 1.79. The highest BCUT2D eigenvalue weighted by Gasteiger charge is 2.26. The van der Waals surface area contributed by atoms with Crippen LogP contribution in [0.2, 0.25) is 0 Å². The first-order valence-corrected chi connectivity index (χ1v) is 9.93. The molecule has 160 valence electrons. The van der Waals surface area contributed by atoms with Crippen LogP contribution < -0.4 is 0 Å². The molecule has 0 spiro atoms. The zero-order chi connectivity index (χ0) is 22.1. The fourth-order valence-electron chi connectivity index (χ4n) is 3.77. The number of halogens is 1. The fraction of sp³-hybridized carbons (Fsp3) is 0.261. The molecule has 1 fully saturated rings. The van der Waals surface area contributed by atoms with Crippen LogP contribution in [0.5, 0.6) is 5.75 Å². The van der Waals surface area contributed by atoms with E-state index >= 15 is 0 Å². The van der Waals surface area contributed by atoms with Gasteiger partial charge in [-0.1, -0.05) is 12.1 Å². The summed E-state index contributed by atoms with van der Waals surface area (Å²) in [5, 5.41) is 20.4. The molecule has 7 nitrogen and oxygen atoms in total. The molecule has 2 N–H and O–H groups in total. The Morgan fingerprint density at radius 1 is 1.03 bits per heavy atom. The summed E-state index contributed by atoms with van der Waals surface area (Å²) in [5.74, 6) is -2.41. The summed E-state index contributed by atoms with van der Waals surface area (Å²) in [5.41, 5.74) is 1.53.